The molecule has 1 aliphatic rings. The monoisotopic (exact) mass is 387 g/mol. The van der Waals surface area contributed by atoms with E-state index in [0.717, 1.165) is 10.6 Å². The van der Waals surface area contributed by atoms with Gasteiger partial charge in [-0.25, -0.2) is 4.79 Å². The van der Waals surface area contributed by atoms with Crippen molar-refractivity contribution in [3.05, 3.63) is 33.1 Å². The van der Waals surface area contributed by atoms with Crippen molar-refractivity contribution < 1.29 is 34.8 Å². The lowest BCUT2D eigenvalue weighted by atomic mass is 10.1. The number of aliphatic carboxylic acids is 2. The fourth-order valence-electron chi connectivity index (χ4n) is 2.83. The first-order valence-corrected chi connectivity index (χ1v) is 8.19. The first-order valence-electron chi connectivity index (χ1n) is 8.19. The molecule has 150 valence electrons. The fourth-order valence-corrected chi connectivity index (χ4v) is 2.83. The molecule has 0 aliphatic carbocycles. The smallest absolute Gasteiger partial charge is 0.330 e. The van der Waals surface area contributed by atoms with Crippen LogP contribution in [0, 0.1) is 0 Å². The van der Waals surface area contributed by atoms with Crippen molar-refractivity contribution in [2.45, 2.75) is 43.9 Å². The third-order valence-corrected chi connectivity index (χ3v) is 4.19. The van der Waals surface area contributed by atoms with Gasteiger partial charge in [0.05, 0.1) is 18.9 Å². The minimum absolute atomic E-state index is 0.0562. The zero-order chi connectivity index (χ0) is 20.1. The number of nitrogens with zero attached hydrogens (tertiary/aromatic N) is 2. The van der Waals surface area contributed by atoms with Crippen molar-refractivity contribution in [1.82, 2.24) is 14.5 Å². The predicted octanol–water partition coefficient (Wildman–Crippen LogP) is -2.25. The second-order valence-electron chi connectivity index (χ2n) is 6.11. The average Bonchev–Trinajstić information content (AvgIpc) is 2.95. The van der Waals surface area contributed by atoms with Crippen LogP contribution >= 0.6 is 0 Å². The van der Waals surface area contributed by atoms with Crippen LogP contribution in [0.1, 0.15) is 25.5 Å². The topological polar surface area (TPSA) is 182 Å². The maximum atomic E-state index is 11.8. The van der Waals surface area contributed by atoms with E-state index in [4.69, 9.17) is 14.9 Å². The number of hydrogen-bond donors (Lipinski definition) is 5. The molecule has 1 fully saturated rings. The van der Waals surface area contributed by atoms with Crippen LogP contribution in [0.25, 0.3) is 0 Å². The molecule has 5 N–H and O–H groups in total. The summed E-state index contributed by atoms with van der Waals surface area (Å²) in [5.74, 6) is -2.26. The normalized spacial score (nSPS) is 23.4. The molecule has 4 atom stereocenters. The minimum atomic E-state index is -1.48. The lowest BCUT2D eigenvalue weighted by Crippen LogP contribution is -2.49. The lowest BCUT2D eigenvalue weighted by Gasteiger charge is -2.32. The van der Waals surface area contributed by atoms with E-state index in [1.807, 2.05) is 4.98 Å². The third kappa shape index (κ3) is 5.47. The first-order chi connectivity index (χ1) is 12.7. The molecule has 12 nitrogen and oxygen atoms in total. The zero-order valence-electron chi connectivity index (χ0n) is 14.2. The van der Waals surface area contributed by atoms with E-state index in [-0.39, 0.29) is 32.4 Å². The fraction of sp³-hybridized carbons (Fsp3) is 0.600. The van der Waals surface area contributed by atoms with Crippen molar-refractivity contribution in [2.75, 3.05) is 13.1 Å². The highest BCUT2D eigenvalue weighted by Gasteiger charge is 2.42. The van der Waals surface area contributed by atoms with Gasteiger partial charge in [0.2, 0.25) is 0 Å². The van der Waals surface area contributed by atoms with Crippen molar-refractivity contribution in [3.8, 4) is 0 Å². The Kier molecular flexibility index (Phi) is 6.85. The molecule has 0 amide bonds. The molecular formula is C15H21N3O9. The van der Waals surface area contributed by atoms with Crippen molar-refractivity contribution >= 4 is 11.9 Å². The highest BCUT2D eigenvalue weighted by molar-refractivity contribution is 5.67. The van der Waals surface area contributed by atoms with Gasteiger partial charge in [-0.05, 0) is 0 Å². The van der Waals surface area contributed by atoms with Crippen molar-refractivity contribution in [1.29, 1.82) is 0 Å². The lowest BCUT2D eigenvalue weighted by molar-refractivity contribution is -0.150. The van der Waals surface area contributed by atoms with Gasteiger partial charge in [0, 0.05) is 31.8 Å². The number of hydrogen-bond acceptors (Lipinski definition) is 8. The summed E-state index contributed by atoms with van der Waals surface area (Å²) in [5.41, 5.74) is -1.34. The number of carboxylic acids is 2. The van der Waals surface area contributed by atoms with Gasteiger partial charge in [-0.3, -0.25) is 28.8 Å². The van der Waals surface area contributed by atoms with E-state index in [9.17, 15) is 29.4 Å². The Labute approximate surface area is 152 Å². The molecule has 1 aliphatic heterocycles. The Morgan fingerprint density at radius 1 is 1.26 bits per heavy atom. The maximum absolute atomic E-state index is 11.8. The molecule has 1 aromatic rings. The number of aromatic amines is 1. The molecule has 0 bridgehead atoms. The highest BCUT2D eigenvalue weighted by Crippen LogP contribution is 2.30. The summed E-state index contributed by atoms with van der Waals surface area (Å²) in [6, 6.07) is 1.10. The number of aromatic nitrogens is 2. The molecular weight excluding hydrogens is 366 g/mol. The van der Waals surface area contributed by atoms with Gasteiger partial charge in [0.25, 0.3) is 5.56 Å². The van der Waals surface area contributed by atoms with Gasteiger partial charge in [-0.15, -0.1) is 0 Å². The van der Waals surface area contributed by atoms with Crippen molar-refractivity contribution in [3.63, 3.8) is 0 Å². The number of nitrogens with one attached hydrogen (secondary N) is 1. The molecule has 1 unspecified atom stereocenters. The number of aliphatic hydroxyl groups is 2. The van der Waals surface area contributed by atoms with Gasteiger partial charge in [0.15, 0.2) is 0 Å². The van der Waals surface area contributed by atoms with E-state index >= 15 is 0 Å². The maximum Gasteiger partial charge on any atom is 0.330 e. The van der Waals surface area contributed by atoms with Gasteiger partial charge < -0.3 is 25.2 Å². The van der Waals surface area contributed by atoms with E-state index in [0.29, 0.717) is 0 Å². The van der Waals surface area contributed by atoms with Crippen molar-refractivity contribution in [2.24, 2.45) is 0 Å². The second kappa shape index (κ2) is 8.90. The van der Waals surface area contributed by atoms with Crippen LogP contribution in [0.4, 0.5) is 0 Å². The largest absolute Gasteiger partial charge is 0.481 e. The summed E-state index contributed by atoms with van der Waals surface area (Å²) in [4.78, 5) is 47.8. The van der Waals surface area contributed by atoms with E-state index < -0.39 is 47.9 Å². The van der Waals surface area contributed by atoms with Crippen LogP contribution in [0.5, 0.6) is 0 Å². The van der Waals surface area contributed by atoms with Gasteiger partial charge in [0.1, 0.15) is 18.6 Å². The molecule has 12 heteroatoms. The molecule has 0 radical (unpaired) electrons. The zero-order valence-corrected chi connectivity index (χ0v) is 14.2. The van der Waals surface area contributed by atoms with Gasteiger partial charge >= 0.3 is 17.6 Å². The number of carbonyl (C=O) groups is 2. The molecule has 2 rings (SSSR count). The summed E-state index contributed by atoms with van der Waals surface area (Å²) < 4.78 is 6.59. The molecule has 0 saturated carbocycles. The predicted molar refractivity (Wildman–Crippen MR) is 87.9 cm³/mol. The molecule has 0 aromatic carbocycles. The average molecular weight is 387 g/mol. The Morgan fingerprint density at radius 2 is 1.85 bits per heavy atom. The van der Waals surface area contributed by atoms with Crippen LogP contribution < -0.4 is 11.2 Å². The van der Waals surface area contributed by atoms with Crippen LogP contribution in [0.15, 0.2) is 21.9 Å². The number of ether oxygens (including phenoxy) is 1. The van der Waals surface area contributed by atoms with E-state index in [2.05, 4.69) is 0 Å². The summed E-state index contributed by atoms with van der Waals surface area (Å²) in [5, 5.41) is 38.3. The molecule has 2 heterocycles. The SMILES string of the molecule is O=C(O)CCN(CCC(=O)O)C(O)[C@H]1O[C@@H](n2ccc(=O)[nH]c2=O)C[C@@H]1O. The minimum Gasteiger partial charge on any atom is -0.481 e. The molecule has 1 aromatic heterocycles. The van der Waals surface area contributed by atoms with Gasteiger partial charge in [-0.1, -0.05) is 0 Å². The summed E-state index contributed by atoms with van der Waals surface area (Å²) in [7, 11) is 0. The number of aliphatic hydroxyl groups excluding tert-OH is 2. The van der Waals surface area contributed by atoms with E-state index in [1.54, 1.807) is 0 Å². The summed E-state index contributed by atoms with van der Waals surface area (Å²) in [6.45, 7) is -0.306. The molecule has 1 saturated heterocycles. The van der Waals surface area contributed by atoms with Crippen LogP contribution in [-0.4, -0.2) is 78.3 Å². The summed E-state index contributed by atoms with van der Waals surface area (Å²) >= 11 is 0. The number of H-pyrrole nitrogens is 1. The summed E-state index contributed by atoms with van der Waals surface area (Å²) in [6.07, 6.45) is -4.38. The second-order valence-corrected chi connectivity index (χ2v) is 6.11. The Bertz CT molecular complexity index is 771. The van der Waals surface area contributed by atoms with Crippen LogP contribution in [0.3, 0.4) is 0 Å². The van der Waals surface area contributed by atoms with Crippen LogP contribution in [-0.2, 0) is 14.3 Å². The Hall–Kier alpha value is -2.54. The van der Waals surface area contributed by atoms with E-state index in [1.165, 1.54) is 11.1 Å². The third-order valence-electron chi connectivity index (χ3n) is 4.19. The standard InChI is InChI=1S/C15H21N3O9/c19-8-7-10(18-6-1-9(20)16-15(18)26)27-13(8)14(25)17(4-2-11(21)22)5-3-12(23)24/h1,6,8,10,13-14,19,25H,2-5,7H2,(H,21,22)(H,23,24)(H,16,20,26)/t8-,10+,13-,14?/m0/s1. The van der Waals surface area contributed by atoms with Crippen LogP contribution in [0.2, 0.25) is 0 Å². The first kappa shape index (κ1) is 20.8. The highest BCUT2D eigenvalue weighted by atomic mass is 16.5. The number of carboxylic acid groups (broad SMARTS) is 2. The molecule has 0 spiro atoms. The number of rotatable bonds is 9. The Balaban J connectivity index is 2.13. The Morgan fingerprint density at radius 3 is 2.37 bits per heavy atom. The van der Waals surface area contributed by atoms with Gasteiger partial charge in [-0.2, -0.15) is 0 Å². The molecule has 27 heavy (non-hydrogen) atoms. The quantitative estimate of drug-likeness (QED) is 0.290.